The van der Waals surface area contributed by atoms with Crippen molar-refractivity contribution in [3.05, 3.63) is 58.7 Å². The predicted octanol–water partition coefficient (Wildman–Crippen LogP) is 3.29. The van der Waals surface area contributed by atoms with Gasteiger partial charge in [-0.25, -0.2) is 4.79 Å². The second kappa shape index (κ2) is 18.0. The number of aliphatic hydroxyl groups is 4. The van der Waals surface area contributed by atoms with Crippen molar-refractivity contribution >= 4 is 5.97 Å². The van der Waals surface area contributed by atoms with Crippen molar-refractivity contribution < 1.29 is 48.9 Å². The Morgan fingerprint density at radius 2 is 1.72 bits per heavy atom. The average molecular weight is 609 g/mol. The van der Waals surface area contributed by atoms with Gasteiger partial charge >= 0.3 is 5.97 Å². The second-order valence-corrected chi connectivity index (χ2v) is 11.5. The van der Waals surface area contributed by atoms with Crippen LogP contribution >= 0.6 is 0 Å². The molecule has 0 aromatic heterocycles. The van der Waals surface area contributed by atoms with Gasteiger partial charge in [-0.2, -0.15) is 0 Å². The Labute approximate surface area is 256 Å². The molecule has 10 atom stereocenters. The highest BCUT2D eigenvalue weighted by molar-refractivity contribution is 5.89. The van der Waals surface area contributed by atoms with Crippen LogP contribution in [0, 0.1) is 5.92 Å². The van der Waals surface area contributed by atoms with Crippen LogP contribution in [0.4, 0.5) is 0 Å². The van der Waals surface area contributed by atoms with Crippen LogP contribution in [0.1, 0.15) is 60.8 Å². The third-order valence-corrected chi connectivity index (χ3v) is 8.03. The fraction of sp³-hybridized carbons (Fsp3) is 0.667. The maximum Gasteiger partial charge on any atom is 0.336 e. The number of esters is 1. The van der Waals surface area contributed by atoms with E-state index in [1.54, 1.807) is 26.0 Å². The number of hydrogen-bond donors (Lipinski definition) is 4. The molecule has 0 saturated carbocycles. The van der Waals surface area contributed by atoms with Crippen molar-refractivity contribution in [3.63, 3.8) is 0 Å². The summed E-state index contributed by atoms with van der Waals surface area (Å²) in [5, 5.41) is 42.9. The Morgan fingerprint density at radius 1 is 1.05 bits per heavy atom. The van der Waals surface area contributed by atoms with Gasteiger partial charge in [-0.05, 0) is 64.7 Å². The van der Waals surface area contributed by atoms with Crippen LogP contribution < -0.4 is 0 Å². The molecule has 2 aliphatic heterocycles. The van der Waals surface area contributed by atoms with Crippen molar-refractivity contribution in [2.45, 2.75) is 116 Å². The molecule has 1 saturated heterocycles. The monoisotopic (exact) mass is 608 g/mol. The van der Waals surface area contributed by atoms with E-state index >= 15 is 0 Å². The van der Waals surface area contributed by atoms with Gasteiger partial charge in [-0.1, -0.05) is 42.9 Å². The zero-order valence-corrected chi connectivity index (χ0v) is 26.8. The van der Waals surface area contributed by atoms with Crippen LogP contribution in [0.5, 0.6) is 0 Å². The van der Waals surface area contributed by atoms with Crippen LogP contribution in [-0.4, -0.2) is 102 Å². The van der Waals surface area contributed by atoms with Gasteiger partial charge in [-0.3, -0.25) is 0 Å². The Bertz CT molecular complexity index is 1040. The van der Waals surface area contributed by atoms with Gasteiger partial charge < -0.3 is 44.1 Å². The Kier molecular flexibility index (Phi) is 15.5. The van der Waals surface area contributed by atoms with E-state index in [4.69, 9.17) is 23.7 Å². The van der Waals surface area contributed by atoms with Crippen LogP contribution in [-0.2, 0) is 28.5 Å². The number of hydrogen-bond acceptors (Lipinski definition) is 10. The second-order valence-electron chi connectivity index (χ2n) is 11.5. The number of aliphatic hydroxyl groups excluding tert-OH is 4. The number of cyclic esters (lactones) is 1. The fourth-order valence-corrected chi connectivity index (χ4v) is 5.21. The third-order valence-electron chi connectivity index (χ3n) is 8.03. The predicted molar refractivity (Wildman–Crippen MR) is 163 cm³/mol. The molecule has 10 nitrogen and oxygen atoms in total. The zero-order chi connectivity index (χ0) is 32.3. The molecule has 43 heavy (non-hydrogen) atoms. The van der Waals surface area contributed by atoms with E-state index in [-0.39, 0.29) is 30.9 Å². The first-order chi connectivity index (χ1) is 20.3. The van der Waals surface area contributed by atoms with Gasteiger partial charge in [0, 0.05) is 26.6 Å². The molecular formula is C33H52O10. The highest BCUT2D eigenvalue weighted by Crippen LogP contribution is 2.27. The molecule has 1 fully saturated rings. The van der Waals surface area contributed by atoms with Gasteiger partial charge in [0.05, 0.1) is 36.6 Å². The molecule has 244 valence electrons. The summed E-state index contributed by atoms with van der Waals surface area (Å²) in [6, 6.07) is 0. The number of carbonyl (C=O) groups excluding carboxylic acids is 1. The van der Waals surface area contributed by atoms with E-state index in [9.17, 15) is 25.2 Å². The van der Waals surface area contributed by atoms with Gasteiger partial charge in [0.2, 0.25) is 0 Å². The Morgan fingerprint density at radius 3 is 2.33 bits per heavy atom. The Hall–Kier alpha value is -2.15. The molecule has 4 N–H and O–H groups in total. The molecule has 0 aliphatic carbocycles. The topological polar surface area (TPSA) is 144 Å². The molecule has 2 rings (SSSR count). The van der Waals surface area contributed by atoms with Gasteiger partial charge in [0.1, 0.15) is 24.4 Å². The number of allylic oxidation sites excluding steroid dienone is 4. The highest BCUT2D eigenvalue weighted by atomic mass is 16.7. The molecule has 0 spiro atoms. The third kappa shape index (κ3) is 10.8. The molecule has 0 radical (unpaired) electrons. The summed E-state index contributed by atoms with van der Waals surface area (Å²) in [5.41, 5.74) is 2.50. The molecule has 0 bridgehead atoms. The normalized spacial score (nSPS) is 40.2. The lowest BCUT2D eigenvalue weighted by Crippen LogP contribution is -2.58. The standard InChI is InChI=1S/C33H52O10/c1-9-24-17-20(3)26(35)13-11-10-12-25(18-41-33-31(40-8)29(37)30(39-7)23(6)42-33)32(38)43-27(22(5)34)15-14-19(2)16-21(4)28(24)36/h10-12,14,16-17,22-24,26-31,33-37H,9,13,15,18H2,1-8H3/b11-10+,19-14+,20-17+,21-16+,25-12+. The molecule has 2 aliphatic rings. The first kappa shape index (κ1) is 37.0. The van der Waals surface area contributed by atoms with Crippen LogP contribution in [0.3, 0.4) is 0 Å². The minimum atomic E-state index is -1.02. The lowest BCUT2D eigenvalue weighted by molar-refractivity contribution is -0.299. The Balaban J connectivity index is 2.40. The van der Waals surface area contributed by atoms with E-state index in [1.807, 2.05) is 45.9 Å². The van der Waals surface area contributed by atoms with Gasteiger partial charge in [-0.15, -0.1) is 0 Å². The van der Waals surface area contributed by atoms with Gasteiger partial charge in [0.25, 0.3) is 0 Å². The molecule has 10 heteroatoms. The van der Waals surface area contributed by atoms with Crippen molar-refractivity contribution in [1.82, 2.24) is 0 Å². The summed E-state index contributed by atoms with van der Waals surface area (Å²) >= 11 is 0. The minimum absolute atomic E-state index is 0.143. The van der Waals surface area contributed by atoms with Crippen molar-refractivity contribution in [2.75, 3.05) is 20.8 Å². The molecule has 0 amide bonds. The molecule has 2 heterocycles. The summed E-state index contributed by atoms with van der Waals surface area (Å²) in [5.74, 6) is -0.866. The summed E-state index contributed by atoms with van der Waals surface area (Å²) in [6.45, 7) is 10.6. The van der Waals surface area contributed by atoms with Crippen molar-refractivity contribution in [2.24, 2.45) is 5.92 Å². The molecule has 10 unspecified atom stereocenters. The number of carbonyl (C=O) groups is 1. The smallest absolute Gasteiger partial charge is 0.336 e. The lowest BCUT2D eigenvalue weighted by Gasteiger charge is -2.42. The van der Waals surface area contributed by atoms with E-state index < -0.39 is 61.1 Å². The fourth-order valence-electron chi connectivity index (χ4n) is 5.21. The minimum Gasteiger partial charge on any atom is -0.456 e. The summed E-state index contributed by atoms with van der Waals surface area (Å²) in [7, 11) is 2.90. The zero-order valence-electron chi connectivity index (χ0n) is 26.8. The maximum atomic E-state index is 13.4. The first-order valence-electron chi connectivity index (χ1n) is 15.0. The van der Waals surface area contributed by atoms with E-state index in [0.29, 0.717) is 6.42 Å². The molecule has 0 aromatic carbocycles. The summed E-state index contributed by atoms with van der Waals surface area (Å²) in [4.78, 5) is 13.4. The summed E-state index contributed by atoms with van der Waals surface area (Å²) < 4.78 is 28.3. The number of rotatable bonds is 7. The highest BCUT2D eigenvalue weighted by Gasteiger charge is 2.45. The van der Waals surface area contributed by atoms with Crippen molar-refractivity contribution in [3.8, 4) is 0 Å². The van der Waals surface area contributed by atoms with Gasteiger partial charge in [0.15, 0.2) is 6.29 Å². The number of ether oxygens (including phenoxy) is 5. The van der Waals surface area contributed by atoms with Crippen LogP contribution in [0.15, 0.2) is 58.7 Å². The van der Waals surface area contributed by atoms with E-state index in [2.05, 4.69) is 0 Å². The van der Waals surface area contributed by atoms with Crippen molar-refractivity contribution in [1.29, 1.82) is 0 Å². The number of methoxy groups -OCH3 is 2. The molecule has 0 aromatic rings. The van der Waals surface area contributed by atoms with Crippen LogP contribution in [0.25, 0.3) is 0 Å². The molecular weight excluding hydrogens is 556 g/mol. The quantitative estimate of drug-likeness (QED) is 0.251. The first-order valence-corrected chi connectivity index (χ1v) is 15.0. The largest absolute Gasteiger partial charge is 0.456 e. The lowest BCUT2D eigenvalue weighted by atomic mass is 9.90. The average Bonchev–Trinajstić information content (AvgIpc) is 2.96. The summed E-state index contributed by atoms with van der Waals surface area (Å²) in [6.07, 6.45) is 4.46. The van der Waals surface area contributed by atoms with E-state index in [0.717, 1.165) is 16.7 Å². The van der Waals surface area contributed by atoms with E-state index in [1.165, 1.54) is 20.3 Å². The van der Waals surface area contributed by atoms with Crippen LogP contribution in [0.2, 0.25) is 0 Å². The maximum absolute atomic E-state index is 13.4. The SMILES string of the molecule is CCC1/C=C(\C)C(O)C/C=C/C=C(\COC2OC(C)C(OC)C(O)C2OC)C(=O)OC(C(C)O)C/C=C(C)/C=C(\C)C1O.